The van der Waals surface area contributed by atoms with Crippen LogP contribution in [0.15, 0.2) is 28.9 Å². The third kappa shape index (κ3) is 3.53. The van der Waals surface area contributed by atoms with Crippen LogP contribution in [-0.2, 0) is 9.53 Å². The van der Waals surface area contributed by atoms with Gasteiger partial charge in [0.1, 0.15) is 23.0 Å². The molecule has 0 saturated carbocycles. The quantitative estimate of drug-likeness (QED) is 0.863. The van der Waals surface area contributed by atoms with E-state index in [2.05, 4.69) is 10.3 Å². The summed E-state index contributed by atoms with van der Waals surface area (Å²) in [6.07, 6.45) is 3.52. The van der Waals surface area contributed by atoms with Crippen molar-refractivity contribution in [1.29, 1.82) is 0 Å². The van der Waals surface area contributed by atoms with Crippen molar-refractivity contribution in [1.82, 2.24) is 5.32 Å². The van der Waals surface area contributed by atoms with Crippen LogP contribution in [0.4, 0.5) is 0 Å². The number of amides is 1. The van der Waals surface area contributed by atoms with Crippen molar-refractivity contribution in [3.63, 3.8) is 0 Å². The van der Waals surface area contributed by atoms with Gasteiger partial charge < -0.3 is 19.5 Å². The fourth-order valence-corrected chi connectivity index (χ4v) is 2.72. The average molecular weight is 316 g/mol. The number of carbonyl (C=O) groups is 1. The molecular formula is C17H20N2O4. The molecule has 0 radical (unpaired) electrons. The van der Waals surface area contributed by atoms with Gasteiger partial charge in [0.25, 0.3) is 5.91 Å². The number of amidine groups is 1. The molecule has 6 nitrogen and oxygen atoms in total. The van der Waals surface area contributed by atoms with E-state index >= 15 is 0 Å². The number of aliphatic imine (C=N–C) groups is 1. The van der Waals surface area contributed by atoms with E-state index < -0.39 is 0 Å². The Bertz CT molecular complexity index is 638. The van der Waals surface area contributed by atoms with Crippen molar-refractivity contribution >= 4 is 17.8 Å². The highest BCUT2D eigenvalue weighted by molar-refractivity contribution is 6.15. The molecule has 2 heterocycles. The fourth-order valence-electron chi connectivity index (χ4n) is 2.72. The van der Waals surface area contributed by atoms with E-state index in [4.69, 9.17) is 14.2 Å². The summed E-state index contributed by atoms with van der Waals surface area (Å²) in [5.41, 5.74) is 1.21. The van der Waals surface area contributed by atoms with Gasteiger partial charge in [-0.1, -0.05) is 0 Å². The van der Waals surface area contributed by atoms with Gasteiger partial charge in [0.15, 0.2) is 0 Å². The van der Waals surface area contributed by atoms with E-state index in [0.717, 1.165) is 24.2 Å². The van der Waals surface area contributed by atoms with Crippen molar-refractivity contribution in [2.45, 2.75) is 12.8 Å². The van der Waals surface area contributed by atoms with E-state index in [1.165, 1.54) is 0 Å². The molecule has 0 aliphatic carbocycles. The highest BCUT2D eigenvalue weighted by atomic mass is 16.5. The monoisotopic (exact) mass is 316 g/mol. The fraction of sp³-hybridized carbons (Fsp3) is 0.412. The summed E-state index contributed by atoms with van der Waals surface area (Å²) in [4.78, 5) is 16.6. The Labute approximate surface area is 135 Å². The Morgan fingerprint density at radius 2 is 1.83 bits per heavy atom. The van der Waals surface area contributed by atoms with Gasteiger partial charge in [0.2, 0.25) is 0 Å². The molecule has 3 rings (SSSR count). The summed E-state index contributed by atoms with van der Waals surface area (Å²) in [7, 11) is 3.19. The topological polar surface area (TPSA) is 69.2 Å². The van der Waals surface area contributed by atoms with Gasteiger partial charge in [-0.3, -0.25) is 4.79 Å². The lowest BCUT2D eigenvalue weighted by atomic mass is 9.99. The van der Waals surface area contributed by atoms with E-state index in [9.17, 15) is 4.79 Å². The van der Waals surface area contributed by atoms with Crippen LogP contribution in [0.3, 0.4) is 0 Å². The predicted octanol–water partition coefficient (Wildman–Crippen LogP) is 2.00. The Hall–Kier alpha value is -2.34. The second kappa shape index (κ2) is 6.83. The Kier molecular flexibility index (Phi) is 4.62. The van der Waals surface area contributed by atoms with Crippen LogP contribution in [0.1, 0.15) is 18.4 Å². The van der Waals surface area contributed by atoms with E-state index in [1.54, 1.807) is 26.4 Å². The second-order valence-electron chi connectivity index (χ2n) is 5.51. The maximum absolute atomic E-state index is 12.2. The minimum atomic E-state index is -0.173. The third-order valence-corrected chi connectivity index (χ3v) is 4.00. The standard InChI is InChI=1S/C17H20N2O4/c1-21-13-7-11(8-14(10-13)22-2)9-15-17(20)19-16(18-15)12-3-5-23-6-4-12/h7-10,12H,3-6H2,1-2H3,(H,18,19,20)/b15-9+. The molecule has 2 aliphatic rings. The zero-order chi connectivity index (χ0) is 16.2. The van der Waals surface area contributed by atoms with E-state index in [0.29, 0.717) is 30.4 Å². The zero-order valence-corrected chi connectivity index (χ0v) is 13.3. The highest BCUT2D eigenvalue weighted by Gasteiger charge is 2.27. The van der Waals surface area contributed by atoms with Crippen molar-refractivity contribution in [2.75, 3.05) is 27.4 Å². The molecule has 23 heavy (non-hydrogen) atoms. The largest absolute Gasteiger partial charge is 0.497 e. The van der Waals surface area contributed by atoms with Crippen molar-refractivity contribution < 1.29 is 19.0 Å². The molecule has 122 valence electrons. The lowest BCUT2D eigenvalue weighted by molar-refractivity contribution is -0.115. The minimum absolute atomic E-state index is 0.173. The first-order valence-corrected chi connectivity index (χ1v) is 7.62. The minimum Gasteiger partial charge on any atom is -0.497 e. The molecule has 2 aliphatic heterocycles. The van der Waals surface area contributed by atoms with Crippen LogP contribution in [-0.4, -0.2) is 39.2 Å². The molecule has 1 aromatic rings. The lowest BCUT2D eigenvalue weighted by Gasteiger charge is -2.21. The van der Waals surface area contributed by atoms with E-state index in [1.807, 2.05) is 12.1 Å². The predicted molar refractivity (Wildman–Crippen MR) is 86.6 cm³/mol. The first kappa shape index (κ1) is 15.6. The molecule has 0 aromatic heterocycles. The third-order valence-electron chi connectivity index (χ3n) is 4.00. The number of hydrogen-bond acceptors (Lipinski definition) is 5. The number of ether oxygens (including phenoxy) is 3. The highest BCUT2D eigenvalue weighted by Crippen LogP contribution is 2.26. The summed E-state index contributed by atoms with van der Waals surface area (Å²) >= 11 is 0. The van der Waals surface area contributed by atoms with Gasteiger partial charge in [-0.25, -0.2) is 4.99 Å². The number of benzene rings is 1. The molecule has 0 bridgehead atoms. The van der Waals surface area contributed by atoms with Gasteiger partial charge >= 0.3 is 0 Å². The van der Waals surface area contributed by atoms with Gasteiger partial charge in [-0.15, -0.1) is 0 Å². The molecule has 6 heteroatoms. The normalized spacial score (nSPS) is 20.3. The molecule has 1 saturated heterocycles. The number of carbonyl (C=O) groups excluding carboxylic acids is 1. The van der Waals surface area contributed by atoms with Crippen LogP contribution in [0.25, 0.3) is 6.08 Å². The number of methoxy groups -OCH3 is 2. The summed E-state index contributed by atoms with van der Waals surface area (Å²) < 4.78 is 15.8. The van der Waals surface area contributed by atoms with Crippen molar-refractivity contribution in [2.24, 2.45) is 10.9 Å². The SMILES string of the molecule is COc1cc(/C=C2/N=C(C3CCOCC3)NC2=O)cc(OC)c1. The summed E-state index contributed by atoms with van der Waals surface area (Å²) in [5.74, 6) is 2.18. The number of rotatable bonds is 4. The summed E-state index contributed by atoms with van der Waals surface area (Å²) in [6, 6.07) is 5.46. The zero-order valence-electron chi connectivity index (χ0n) is 13.3. The maximum Gasteiger partial charge on any atom is 0.275 e. The Balaban J connectivity index is 1.86. The van der Waals surface area contributed by atoms with E-state index in [-0.39, 0.29) is 11.8 Å². The molecular weight excluding hydrogens is 296 g/mol. The molecule has 0 atom stereocenters. The van der Waals surface area contributed by atoms with Crippen LogP contribution in [0.2, 0.25) is 0 Å². The van der Waals surface area contributed by atoms with Crippen LogP contribution < -0.4 is 14.8 Å². The van der Waals surface area contributed by atoms with Crippen molar-refractivity contribution in [3.05, 3.63) is 29.5 Å². The first-order valence-electron chi connectivity index (χ1n) is 7.62. The molecule has 1 aromatic carbocycles. The lowest BCUT2D eigenvalue weighted by Crippen LogP contribution is -2.33. The molecule has 1 fully saturated rings. The number of hydrogen-bond donors (Lipinski definition) is 1. The summed E-state index contributed by atoms with van der Waals surface area (Å²) in [5, 5.41) is 2.88. The molecule has 1 amide bonds. The van der Waals surface area contributed by atoms with Gasteiger partial charge in [0, 0.05) is 25.2 Å². The van der Waals surface area contributed by atoms with Crippen LogP contribution in [0.5, 0.6) is 11.5 Å². The van der Waals surface area contributed by atoms with Crippen LogP contribution in [0, 0.1) is 5.92 Å². The molecule has 1 N–H and O–H groups in total. The maximum atomic E-state index is 12.2. The van der Waals surface area contributed by atoms with Crippen LogP contribution >= 0.6 is 0 Å². The summed E-state index contributed by atoms with van der Waals surface area (Å²) in [6.45, 7) is 1.43. The van der Waals surface area contributed by atoms with Gasteiger partial charge in [-0.05, 0) is 36.6 Å². The number of nitrogens with one attached hydrogen (secondary N) is 1. The van der Waals surface area contributed by atoms with Gasteiger partial charge in [-0.2, -0.15) is 0 Å². The smallest absolute Gasteiger partial charge is 0.275 e. The van der Waals surface area contributed by atoms with Crippen molar-refractivity contribution in [3.8, 4) is 11.5 Å². The molecule has 0 unspecified atom stereocenters. The Morgan fingerprint density at radius 1 is 1.17 bits per heavy atom. The number of nitrogens with zero attached hydrogens (tertiary/aromatic N) is 1. The average Bonchev–Trinajstić information content (AvgIpc) is 2.96. The second-order valence-corrected chi connectivity index (χ2v) is 5.51. The first-order chi connectivity index (χ1) is 11.2. The van der Waals surface area contributed by atoms with Gasteiger partial charge in [0.05, 0.1) is 14.2 Å². The molecule has 0 spiro atoms. The Morgan fingerprint density at radius 3 is 2.43 bits per heavy atom.